The average molecular weight is 506 g/mol. The van der Waals surface area contributed by atoms with E-state index in [4.69, 9.17) is 0 Å². The van der Waals surface area contributed by atoms with Crippen LogP contribution in [0.2, 0.25) is 0 Å². The minimum Gasteiger partial charge on any atom is -0.298 e. The molecule has 216 valence electrons. The van der Waals surface area contributed by atoms with Gasteiger partial charge in [-0.1, -0.05) is 194 Å². The lowest BCUT2D eigenvalue weighted by Gasteiger charge is -2.03. The summed E-state index contributed by atoms with van der Waals surface area (Å²) >= 11 is 0. The van der Waals surface area contributed by atoms with Crippen molar-refractivity contribution in [1.29, 1.82) is 0 Å². The summed E-state index contributed by atoms with van der Waals surface area (Å²) in [5.41, 5.74) is 0. The van der Waals surface area contributed by atoms with Gasteiger partial charge >= 0.3 is 0 Å². The first-order valence-corrected chi connectivity index (χ1v) is 17.4. The summed E-state index contributed by atoms with van der Waals surface area (Å²) in [4.78, 5) is 4.65. The highest BCUT2D eigenvalue weighted by Gasteiger charge is 1.96. The van der Waals surface area contributed by atoms with Crippen LogP contribution in [0.25, 0.3) is 0 Å². The summed E-state index contributed by atoms with van der Waals surface area (Å²) in [6, 6.07) is 0. The second kappa shape index (κ2) is 34.7. The lowest BCUT2D eigenvalue weighted by Crippen LogP contribution is -1.86. The van der Waals surface area contributed by atoms with Crippen molar-refractivity contribution in [2.45, 2.75) is 213 Å². The van der Waals surface area contributed by atoms with Gasteiger partial charge in [0, 0.05) is 6.54 Å². The molecule has 0 aliphatic carbocycles. The molecule has 0 atom stereocenters. The van der Waals surface area contributed by atoms with E-state index in [2.05, 4.69) is 25.1 Å². The predicted octanol–water partition coefficient (Wildman–Crippen LogP) is 13.2. The molecule has 0 aromatic rings. The maximum atomic E-state index is 4.65. The van der Waals surface area contributed by atoms with Gasteiger partial charge in [-0.05, 0) is 25.5 Å². The van der Waals surface area contributed by atoms with Gasteiger partial charge in [0.25, 0.3) is 0 Å². The molecule has 0 aromatic heterocycles. The van der Waals surface area contributed by atoms with E-state index in [1.54, 1.807) is 0 Å². The molecule has 0 saturated carbocycles. The van der Waals surface area contributed by atoms with Crippen LogP contribution in [0.1, 0.15) is 213 Å². The first-order valence-electron chi connectivity index (χ1n) is 17.4. The number of hydrogen-bond donors (Lipinski definition) is 0. The minimum absolute atomic E-state index is 1.07. The second-order valence-corrected chi connectivity index (χ2v) is 11.8. The van der Waals surface area contributed by atoms with E-state index >= 15 is 0 Å². The van der Waals surface area contributed by atoms with E-state index in [-0.39, 0.29) is 0 Å². The fourth-order valence-corrected chi connectivity index (χ4v) is 5.36. The number of rotatable bonds is 32. The maximum absolute atomic E-state index is 4.65. The monoisotopic (exact) mass is 506 g/mol. The molecule has 0 aliphatic heterocycles. The van der Waals surface area contributed by atoms with Gasteiger partial charge in [0.15, 0.2) is 0 Å². The van der Waals surface area contributed by atoms with Gasteiger partial charge in [0.2, 0.25) is 0 Å². The highest BCUT2D eigenvalue weighted by molar-refractivity contribution is 5.56. The molecule has 0 heterocycles. The molecule has 0 spiro atoms. The van der Waals surface area contributed by atoms with Crippen LogP contribution in [-0.2, 0) is 0 Å². The number of hydrogen-bond acceptors (Lipinski definition) is 1. The minimum atomic E-state index is 1.07. The molecule has 0 fully saturated rings. The molecule has 0 radical (unpaired) electrons. The number of unbranched alkanes of at least 4 members (excludes halogenated alkanes) is 29. The summed E-state index contributed by atoms with van der Waals surface area (Å²) in [5, 5.41) is 0. The Kier molecular flexibility index (Phi) is 34.4. The quantitative estimate of drug-likeness (QED) is 0.0636. The van der Waals surface area contributed by atoms with Gasteiger partial charge < -0.3 is 0 Å². The third kappa shape index (κ3) is 33.7. The van der Waals surface area contributed by atoms with E-state index in [0.29, 0.717) is 0 Å². The van der Waals surface area contributed by atoms with Crippen LogP contribution in [0.3, 0.4) is 0 Å². The normalized spacial score (nSPS) is 11.7. The van der Waals surface area contributed by atoms with E-state index in [1.807, 2.05) is 0 Å². The Hall–Kier alpha value is -0.330. The highest BCUT2D eigenvalue weighted by atomic mass is 14.7. The summed E-state index contributed by atoms with van der Waals surface area (Å²) in [6.45, 7) is 5.67. The summed E-state index contributed by atoms with van der Waals surface area (Å²) in [7, 11) is 0. The summed E-state index contributed by atoms with van der Waals surface area (Å²) in [6.07, 6.45) is 46.7. The van der Waals surface area contributed by atoms with Crippen LogP contribution < -0.4 is 0 Å². The van der Waals surface area contributed by atoms with Crippen LogP contribution in [0.15, 0.2) is 4.99 Å². The Morgan fingerprint density at radius 2 is 0.556 bits per heavy atom. The van der Waals surface area contributed by atoms with Gasteiger partial charge in [-0.3, -0.25) is 4.99 Å². The molecular formula is C35H71N. The van der Waals surface area contributed by atoms with Crippen molar-refractivity contribution in [2.24, 2.45) is 4.99 Å². The molecular weight excluding hydrogens is 434 g/mol. The van der Waals surface area contributed by atoms with Crippen molar-refractivity contribution in [3.05, 3.63) is 0 Å². The molecule has 0 aromatic carbocycles. The van der Waals surface area contributed by atoms with Crippen LogP contribution in [0.5, 0.6) is 0 Å². The lowest BCUT2D eigenvalue weighted by molar-refractivity contribution is 0.528. The predicted molar refractivity (Wildman–Crippen MR) is 168 cm³/mol. The van der Waals surface area contributed by atoms with E-state index < -0.39 is 0 Å². The van der Waals surface area contributed by atoms with Gasteiger partial charge in [-0.2, -0.15) is 0 Å². The molecule has 0 unspecified atom stereocenters. The average Bonchev–Trinajstić information content (AvgIpc) is 2.89. The van der Waals surface area contributed by atoms with Gasteiger partial charge in [-0.15, -0.1) is 0 Å². The highest BCUT2D eigenvalue weighted by Crippen LogP contribution is 2.15. The largest absolute Gasteiger partial charge is 0.298 e. The third-order valence-electron chi connectivity index (χ3n) is 7.96. The summed E-state index contributed by atoms with van der Waals surface area (Å²) < 4.78 is 0. The van der Waals surface area contributed by atoms with Gasteiger partial charge in [0.05, 0.1) is 0 Å². The van der Waals surface area contributed by atoms with Crippen molar-refractivity contribution in [3.8, 4) is 0 Å². The zero-order valence-electron chi connectivity index (χ0n) is 25.7. The molecule has 0 aliphatic rings. The standard InChI is InChI=1S/C35H71N/c1-3-5-7-9-11-13-15-17-18-19-20-21-23-25-27-29-31-33-35-36-34-32-30-28-26-24-22-16-14-12-10-8-6-4-2/h35H,3-34H2,1-2H3. The van der Waals surface area contributed by atoms with E-state index in [0.717, 1.165) is 6.54 Å². The first-order chi connectivity index (χ1) is 17.9. The van der Waals surface area contributed by atoms with Crippen LogP contribution in [0.4, 0.5) is 0 Å². The Labute approximate surface area is 230 Å². The fraction of sp³-hybridized carbons (Fsp3) is 0.971. The molecule has 0 saturated heterocycles. The zero-order valence-corrected chi connectivity index (χ0v) is 25.7. The van der Waals surface area contributed by atoms with Crippen molar-refractivity contribution >= 4 is 6.21 Å². The Bertz CT molecular complexity index is 388. The summed E-state index contributed by atoms with van der Waals surface area (Å²) in [5.74, 6) is 0. The lowest BCUT2D eigenvalue weighted by atomic mass is 10.0. The van der Waals surface area contributed by atoms with E-state index in [1.165, 1.54) is 199 Å². The first kappa shape index (κ1) is 35.7. The third-order valence-corrected chi connectivity index (χ3v) is 7.96. The molecule has 36 heavy (non-hydrogen) atoms. The van der Waals surface area contributed by atoms with Crippen molar-refractivity contribution in [1.82, 2.24) is 0 Å². The maximum Gasteiger partial charge on any atom is 0.0385 e. The van der Waals surface area contributed by atoms with Gasteiger partial charge in [0.1, 0.15) is 0 Å². The zero-order chi connectivity index (χ0) is 26.0. The smallest absolute Gasteiger partial charge is 0.0385 e. The molecule has 1 nitrogen and oxygen atoms in total. The SMILES string of the molecule is CCCCCCCCCCCCCCCCCCCC=NCCCCCCCCCCCCCCC. The van der Waals surface area contributed by atoms with Gasteiger partial charge in [-0.25, -0.2) is 0 Å². The molecule has 1 heteroatoms. The second-order valence-electron chi connectivity index (χ2n) is 11.8. The Balaban J connectivity index is 3.07. The van der Waals surface area contributed by atoms with E-state index in [9.17, 15) is 0 Å². The van der Waals surface area contributed by atoms with Crippen molar-refractivity contribution < 1.29 is 0 Å². The molecule has 0 N–H and O–H groups in total. The van der Waals surface area contributed by atoms with Crippen LogP contribution in [0, 0.1) is 0 Å². The molecule has 0 amide bonds. The van der Waals surface area contributed by atoms with Crippen LogP contribution >= 0.6 is 0 Å². The topological polar surface area (TPSA) is 12.4 Å². The van der Waals surface area contributed by atoms with Crippen molar-refractivity contribution in [2.75, 3.05) is 6.54 Å². The fourth-order valence-electron chi connectivity index (χ4n) is 5.36. The Morgan fingerprint density at radius 3 is 0.861 bits per heavy atom. The van der Waals surface area contributed by atoms with Crippen LogP contribution in [-0.4, -0.2) is 12.8 Å². The van der Waals surface area contributed by atoms with Crippen molar-refractivity contribution in [3.63, 3.8) is 0 Å². The molecule has 0 rings (SSSR count). The molecule has 0 bridgehead atoms. The number of aliphatic imine (C=N–C) groups is 1. The number of nitrogens with zero attached hydrogens (tertiary/aromatic N) is 1. The Morgan fingerprint density at radius 1 is 0.306 bits per heavy atom.